The number of quaternary nitrogens is 1. The van der Waals surface area contributed by atoms with Crippen molar-refractivity contribution in [3.8, 4) is 0 Å². The second kappa shape index (κ2) is 13.8. The largest absolute Gasteiger partial charge is 0.465 e. The van der Waals surface area contributed by atoms with Gasteiger partial charge in [0, 0.05) is 34.5 Å². The number of sulfonamides is 1. The number of benzene rings is 2. The summed E-state index contributed by atoms with van der Waals surface area (Å²) in [6, 6.07) is 12.0. The highest BCUT2D eigenvalue weighted by atomic mass is 35.5. The third-order valence-electron chi connectivity index (χ3n) is 7.58. The number of nitrogens with one attached hydrogen (secondary N) is 1. The molecule has 12 nitrogen and oxygen atoms in total. The van der Waals surface area contributed by atoms with Gasteiger partial charge < -0.3 is 14.4 Å². The minimum Gasteiger partial charge on any atom is -0.465 e. The Bertz CT molecular complexity index is 1570. The Morgan fingerprint density at radius 1 is 1.12 bits per heavy atom. The maximum atomic E-state index is 13.5. The Balaban J connectivity index is 1.45. The van der Waals surface area contributed by atoms with Crippen LogP contribution in [-0.2, 0) is 29.1 Å². The number of carbonyl (C=O) groups excluding carboxylic acids is 2. The monoisotopic (exact) mass is 633 g/mol. The van der Waals surface area contributed by atoms with Crippen LogP contribution in [0.2, 0.25) is 5.02 Å². The van der Waals surface area contributed by atoms with Crippen LogP contribution in [0.5, 0.6) is 0 Å². The number of non-ortho nitro benzene ring substituents is 1. The number of aliphatic imine (C=N–C) groups is 1. The van der Waals surface area contributed by atoms with E-state index in [-0.39, 0.29) is 29.4 Å². The predicted octanol–water partition coefficient (Wildman–Crippen LogP) is 2.39. The number of halogens is 1. The molecule has 2 aromatic rings. The van der Waals surface area contributed by atoms with Gasteiger partial charge in [-0.2, -0.15) is 4.31 Å². The molecule has 2 aliphatic rings. The maximum Gasteiger partial charge on any atom is 0.336 e. The molecule has 1 unspecified atom stereocenters. The number of esters is 2. The lowest BCUT2D eigenvalue weighted by Crippen LogP contribution is -3.15. The molecule has 0 amide bonds. The lowest BCUT2D eigenvalue weighted by molar-refractivity contribution is -0.903. The summed E-state index contributed by atoms with van der Waals surface area (Å²) >= 11 is 5.98. The van der Waals surface area contributed by atoms with Crippen molar-refractivity contribution in [1.29, 1.82) is 0 Å². The van der Waals surface area contributed by atoms with E-state index in [9.17, 15) is 28.1 Å². The van der Waals surface area contributed by atoms with Crippen molar-refractivity contribution < 1.29 is 37.3 Å². The Labute approximate surface area is 255 Å². The van der Waals surface area contributed by atoms with Gasteiger partial charge in [-0.25, -0.2) is 13.2 Å². The Morgan fingerprint density at radius 2 is 1.81 bits per heavy atom. The Hall–Kier alpha value is -3.65. The highest BCUT2D eigenvalue weighted by Gasteiger charge is 2.43. The molecule has 2 atom stereocenters. The number of hydrogen-bond donors (Lipinski definition) is 1. The van der Waals surface area contributed by atoms with Crippen molar-refractivity contribution in [3.63, 3.8) is 0 Å². The first-order valence-corrected chi connectivity index (χ1v) is 15.7. The highest BCUT2D eigenvalue weighted by Crippen LogP contribution is 2.41. The summed E-state index contributed by atoms with van der Waals surface area (Å²) in [5.41, 5.74) is 1.14. The van der Waals surface area contributed by atoms with Gasteiger partial charge in [0.25, 0.3) is 5.69 Å². The van der Waals surface area contributed by atoms with Crippen LogP contribution >= 0.6 is 11.6 Å². The summed E-state index contributed by atoms with van der Waals surface area (Å²) in [5.74, 6) is -3.13. The first-order valence-electron chi connectivity index (χ1n) is 13.9. The Kier molecular flexibility index (Phi) is 10.3. The number of piperazine rings is 1. The quantitative estimate of drug-likeness (QED) is 0.238. The average molecular weight is 634 g/mol. The summed E-state index contributed by atoms with van der Waals surface area (Å²) in [4.78, 5) is 43.2. The predicted molar refractivity (Wildman–Crippen MR) is 159 cm³/mol. The molecule has 1 saturated heterocycles. The standard InChI is InChI=1S/C29H33ClN4O8S/c1-4-41-28(35)25-19(2)31-20(3)26(27(25)21-7-5-9-23(17-21)34(37)38)29(36)42-16-15-32-11-13-33(14-12-32)43(39,40)24-10-6-8-22(30)18-24/h5-10,17-18,25,27H,4,11-16H2,1-3H3/p+1/t25?,27-/m0/s1. The van der Waals surface area contributed by atoms with E-state index in [1.54, 1.807) is 39.0 Å². The van der Waals surface area contributed by atoms with Gasteiger partial charge in [-0.05, 0) is 44.5 Å². The molecule has 0 bridgehead atoms. The van der Waals surface area contributed by atoms with Gasteiger partial charge in [0.2, 0.25) is 10.0 Å². The summed E-state index contributed by atoms with van der Waals surface area (Å²) in [6.45, 7) is 7.19. The molecular formula is C29H34ClN4O8S+. The molecule has 1 N–H and O–H groups in total. The topological polar surface area (TPSA) is 150 Å². The molecule has 2 aromatic carbocycles. The molecular weight excluding hydrogens is 600 g/mol. The fraction of sp³-hybridized carbons (Fsp3) is 0.414. The average Bonchev–Trinajstić information content (AvgIpc) is 2.97. The van der Waals surface area contributed by atoms with Crippen molar-refractivity contribution in [2.75, 3.05) is 45.9 Å². The van der Waals surface area contributed by atoms with Crippen molar-refractivity contribution in [2.24, 2.45) is 10.9 Å². The SMILES string of the molecule is CCOC(=O)C1C(C)=NC(C)=C(C(=O)OCC[NH+]2CCN(S(=O)(=O)c3cccc(Cl)c3)CC2)[C@H]1c1cccc([N+](=O)[O-])c1. The van der Waals surface area contributed by atoms with Crippen LogP contribution in [0.25, 0.3) is 0 Å². The number of nitrogens with zero attached hydrogens (tertiary/aromatic N) is 3. The molecule has 0 aromatic heterocycles. The fourth-order valence-corrected chi connectivity index (χ4v) is 7.21. The minimum atomic E-state index is -3.67. The van der Waals surface area contributed by atoms with Gasteiger partial charge in [0.15, 0.2) is 0 Å². The van der Waals surface area contributed by atoms with E-state index in [0.717, 1.165) is 4.90 Å². The van der Waals surface area contributed by atoms with E-state index in [1.165, 1.54) is 34.6 Å². The lowest BCUT2D eigenvalue weighted by atomic mass is 9.75. The van der Waals surface area contributed by atoms with E-state index in [2.05, 4.69) is 4.99 Å². The number of ether oxygens (including phenoxy) is 2. The van der Waals surface area contributed by atoms with Crippen LogP contribution in [0.15, 0.2) is 69.7 Å². The summed E-state index contributed by atoms with van der Waals surface area (Å²) in [7, 11) is -3.67. The zero-order valence-electron chi connectivity index (χ0n) is 24.1. The number of nitro benzene ring substituents is 1. The van der Waals surface area contributed by atoms with E-state index < -0.39 is 38.7 Å². The van der Waals surface area contributed by atoms with Crippen LogP contribution in [0.3, 0.4) is 0 Å². The third-order valence-corrected chi connectivity index (χ3v) is 9.71. The molecule has 2 aliphatic heterocycles. The van der Waals surface area contributed by atoms with E-state index >= 15 is 0 Å². The zero-order chi connectivity index (χ0) is 31.3. The number of rotatable bonds is 10. The van der Waals surface area contributed by atoms with Crippen molar-refractivity contribution in [3.05, 3.63) is 80.5 Å². The van der Waals surface area contributed by atoms with Gasteiger partial charge in [0.1, 0.15) is 19.1 Å². The van der Waals surface area contributed by atoms with Crippen LogP contribution in [-0.4, -0.2) is 81.2 Å². The first kappa shape index (κ1) is 32.3. The molecule has 0 spiro atoms. The van der Waals surface area contributed by atoms with E-state index in [1.807, 2.05) is 0 Å². The smallest absolute Gasteiger partial charge is 0.336 e. The number of allylic oxidation sites excluding steroid dienone is 1. The van der Waals surface area contributed by atoms with Crippen LogP contribution in [0, 0.1) is 16.0 Å². The second-order valence-corrected chi connectivity index (χ2v) is 12.7. The Morgan fingerprint density at radius 3 is 2.47 bits per heavy atom. The fourth-order valence-electron chi connectivity index (χ4n) is 5.47. The molecule has 4 rings (SSSR count). The van der Waals surface area contributed by atoms with Gasteiger partial charge >= 0.3 is 11.9 Å². The second-order valence-electron chi connectivity index (χ2n) is 10.3. The van der Waals surface area contributed by atoms with E-state index in [0.29, 0.717) is 54.7 Å². The molecule has 14 heteroatoms. The van der Waals surface area contributed by atoms with Crippen LogP contribution < -0.4 is 4.90 Å². The summed E-state index contributed by atoms with van der Waals surface area (Å²) in [6.07, 6.45) is 0. The van der Waals surface area contributed by atoms with Gasteiger partial charge in [-0.1, -0.05) is 29.8 Å². The number of nitro groups is 1. The molecule has 0 saturated carbocycles. The molecule has 43 heavy (non-hydrogen) atoms. The van der Waals surface area contributed by atoms with Crippen LogP contribution in [0.1, 0.15) is 32.3 Å². The molecule has 0 aliphatic carbocycles. The van der Waals surface area contributed by atoms with Crippen LogP contribution in [0.4, 0.5) is 5.69 Å². The molecule has 230 valence electrons. The highest BCUT2D eigenvalue weighted by molar-refractivity contribution is 7.89. The van der Waals surface area contributed by atoms with Gasteiger partial charge in [-0.15, -0.1) is 0 Å². The summed E-state index contributed by atoms with van der Waals surface area (Å²) in [5, 5.41) is 11.8. The van der Waals surface area contributed by atoms with E-state index in [4.69, 9.17) is 21.1 Å². The maximum absolute atomic E-state index is 13.5. The van der Waals surface area contributed by atoms with Crippen molar-refractivity contribution in [1.82, 2.24) is 4.31 Å². The molecule has 2 heterocycles. The third kappa shape index (κ3) is 7.29. The molecule has 1 fully saturated rings. The normalized spacial score (nSPS) is 20.0. The summed E-state index contributed by atoms with van der Waals surface area (Å²) < 4.78 is 38.4. The zero-order valence-corrected chi connectivity index (χ0v) is 25.7. The number of carbonyl (C=O) groups is 2. The van der Waals surface area contributed by atoms with Crippen molar-refractivity contribution >= 4 is 45.0 Å². The minimum absolute atomic E-state index is 0.0421. The van der Waals surface area contributed by atoms with Gasteiger partial charge in [-0.3, -0.25) is 19.9 Å². The number of hydrogen-bond acceptors (Lipinski definition) is 9. The molecule has 0 radical (unpaired) electrons. The van der Waals surface area contributed by atoms with Crippen molar-refractivity contribution in [2.45, 2.75) is 31.6 Å². The van der Waals surface area contributed by atoms with Gasteiger partial charge in [0.05, 0.1) is 48.2 Å². The first-order chi connectivity index (χ1) is 20.4. The lowest BCUT2D eigenvalue weighted by Gasteiger charge is -2.32.